The highest BCUT2D eigenvalue weighted by Crippen LogP contribution is 2.27. The molecule has 0 saturated carbocycles. The van der Waals surface area contributed by atoms with E-state index >= 15 is 0 Å². The van der Waals surface area contributed by atoms with Crippen molar-refractivity contribution in [2.24, 2.45) is 0 Å². The molecule has 0 saturated heterocycles. The molecule has 0 heterocycles. The molecular weight excluding hydrogens is 512 g/mol. The number of nitrogens with zero attached hydrogens (tertiary/aromatic N) is 1. The van der Waals surface area contributed by atoms with Crippen molar-refractivity contribution < 1.29 is 13.2 Å². The smallest absolute Gasteiger partial charge is 0.244 e. The molecule has 1 N–H and O–H groups in total. The molecule has 3 rings (SSSR count). The maximum atomic E-state index is 13.7. The van der Waals surface area contributed by atoms with Gasteiger partial charge < -0.3 is 5.32 Å². The molecular formula is C24H24BrClN2O3S. The van der Waals surface area contributed by atoms with E-state index in [2.05, 4.69) is 21.2 Å². The largest absolute Gasteiger partial charge is 0.325 e. The van der Waals surface area contributed by atoms with Crippen LogP contribution < -0.4 is 5.32 Å². The van der Waals surface area contributed by atoms with Gasteiger partial charge in [0.15, 0.2) is 0 Å². The van der Waals surface area contributed by atoms with Crippen LogP contribution >= 0.6 is 27.5 Å². The van der Waals surface area contributed by atoms with Crippen molar-refractivity contribution in [1.82, 2.24) is 4.31 Å². The maximum Gasteiger partial charge on any atom is 0.244 e. The second kappa shape index (κ2) is 10.2. The van der Waals surface area contributed by atoms with Crippen LogP contribution in [0.5, 0.6) is 0 Å². The Balaban J connectivity index is 1.95. The van der Waals surface area contributed by atoms with Crippen LogP contribution in [-0.2, 0) is 21.4 Å². The van der Waals surface area contributed by atoms with Gasteiger partial charge in [0.25, 0.3) is 0 Å². The molecule has 0 bridgehead atoms. The van der Waals surface area contributed by atoms with Gasteiger partial charge in [0.2, 0.25) is 15.9 Å². The summed E-state index contributed by atoms with van der Waals surface area (Å²) >= 11 is 9.33. The van der Waals surface area contributed by atoms with Crippen LogP contribution in [-0.4, -0.2) is 25.2 Å². The van der Waals surface area contributed by atoms with Crippen LogP contribution in [0, 0.1) is 20.8 Å². The number of amides is 1. The summed E-state index contributed by atoms with van der Waals surface area (Å²) in [5.41, 5.74) is 3.60. The molecule has 3 aromatic rings. The normalized spacial score (nSPS) is 11.6. The molecule has 1 amide bonds. The van der Waals surface area contributed by atoms with E-state index in [1.807, 2.05) is 19.1 Å². The Morgan fingerprint density at radius 1 is 0.969 bits per heavy atom. The Morgan fingerprint density at radius 2 is 1.53 bits per heavy atom. The number of anilines is 1. The Hall–Kier alpha value is -2.19. The summed E-state index contributed by atoms with van der Waals surface area (Å²) in [4.78, 5) is 13.0. The molecule has 0 atom stereocenters. The third-order valence-electron chi connectivity index (χ3n) is 4.92. The number of carbonyl (C=O) groups is 1. The molecule has 168 valence electrons. The number of hydrogen-bond donors (Lipinski definition) is 1. The zero-order valence-corrected chi connectivity index (χ0v) is 21.2. The summed E-state index contributed by atoms with van der Waals surface area (Å²) in [6.45, 7) is 5.19. The minimum atomic E-state index is -3.95. The van der Waals surface area contributed by atoms with Crippen molar-refractivity contribution >= 4 is 49.1 Å². The fraction of sp³-hybridized carbons (Fsp3) is 0.208. The summed E-state index contributed by atoms with van der Waals surface area (Å²) in [6.07, 6.45) is 0. The number of hydrogen-bond acceptors (Lipinski definition) is 3. The van der Waals surface area contributed by atoms with Gasteiger partial charge in [-0.1, -0.05) is 57.4 Å². The summed E-state index contributed by atoms with van der Waals surface area (Å²) in [6, 6.07) is 17.7. The Kier molecular flexibility index (Phi) is 7.77. The van der Waals surface area contributed by atoms with Crippen molar-refractivity contribution in [3.63, 3.8) is 0 Å². The third kappa shape index (κ3) is 5.98. The second-order valence-electron chi connectivity index (χ2n) is 7.68. The molecule has 0 fully saturated rings. The third-order valence-corrected chi connectivity index (χ3v) is 7.80. The molecule has 0 aromatic heterocycles. The van der Waals surface area contributed by atoms with Gasteiger partial charge in [-0.2, -0.15) is 4.31 Å². The number of aryl methyl sites for hydroxylation is 3. The Labute approximate surface area is 202 Å². The van der Waals surface area contributed by atoms with Crippen LogP contribution in [0.3, 0.4) is 0 Å². The SMILES string of the molecule is Cc1cc(C)c(S(=O)(=O)N(CC(=O)Nc2ccc(Br)cc2)Cc2ccc(Cl)cc2)c(C)c1. The summed E-state index contributed by atoms with van der Waals surface area (Å²) in [5.74, 6) is -0.424. The number of sulfonamides is 1. The monoisotopic (exact) mass is 534 g/mol. The van der Waals surface area contributed by atoms with Crippen molar-refractivity contribution in [3.8, 4) is 0 Å². The van der Waals surface area contributed by atoms with E-state index in [9.17, 15) is 13.2 Å². The lowest BCUT2D eigenvalue weighted by molar-refractivity contribution is -0.116. The van der Waals surface area contributed by atoms with Gasteiger partial charge in [-0.15, -0.1) is 0 Å². The first-order valence-electron chi connectivity index (χ1n) is 9.94. The lowest BCUT2D eigenvalue weighted by atomic mass is 10.1. The van der Waals surface area contributed by atoms with Crippen LogP contribution in [0.25, 0.3) is 0 Å². The van der Waals surface area contributed by atoms with Crippen molar-refractivity contribution in [2.75, 3.05) is 11.9 Å². The van der Waals surface area contributed by atoms with E-state index in [0.29, 0.717) is 21.8 Å². The van der Waals surface area contributed by atoms with E-state index in [0.717, 1.165) is 15.6 Å². The van der Waals surface area contributed by atoms with Gasteiger partial charge in [0, 0.05) is 21.7 Å². The Bertz CT molecular complexity index is 1200. The molecule has 32 heavy (non-hydrogen) atoms. The molecule has 3 aromatic carbocycles. The number of rotatable bonds is 7. The first-order chi connectivity index (χ1) is 15.1. The molecule has 0 aliphatic heterocycles. The molecule has 0 aliphatic carbocycles. The number of nitrogens with one attached hydrogen (secondary N) is 1. The topological polar surface area (TPSA) is 66.5 Å². The molecule has 5 nitrogen and oxygen atoms in total. The van der Waals surface area contributed by atoms with Gasteiger partial charge in [-0.3, -0.25) is 4.79 Å². The first-order valence-corrected chi connectivity index (χ1v) is 12.6. The van der Waals surface area contributed by atoms with Crippen LogP contribution in [0.1, 0.15) is 22.3 Å². The van der Waals surface area contributed by atoms with E-state index in [1.165, 1.54) is 4.31 Å². The van der Waals surface area contributed by atoms with Gasteiger partial charge in [-0.25, -0.2) is 8.42 Å². The first kappa shape index (κ1) is 24.5. The minimum Gasteiger partial charge on any atom is -0.325 e. The fourth-order valence-corrected chi connectivity index (χ4v) is 5.80. The van der Waals surface area contributed by atoms with E-state index in [1.54, 1.807) is 62.4 Å². The molecule has 0 radical (unpaired) electrons. The Morgan fingerprint density at radius 3 is 2.09 bits per heavy atom. The van der Waals surface area contributed by atoms with Crippen LogP contribution in [0.2, 0.25) is 5.02 Å². The van der Waals surface area contributed by atoms with E-state index < -0.39 is 15.9 Å². The van der Waals surface area contributed by atoms with Gasteiger partial charge >= 0.3 is 0 Å². The van der Waals surface area contributed by atoms with Crippen molar-refractivity contribution in [2.45, 2.75) is 32.2 Å². The van der Waals surface area contributed by atoms with E-state index in [-0.39, 0.29) is 18.0 Å². The predicted octanol–water partition coefficient (Wildman–Crippen LogP) is 5.86. The number of carbonyl (C=O) groups excluding carboxylic acids is 1. The van der Waals surface area contributed by atoms with Crippen LogP contribution in [0.15, 0.2) is 70.0 Å². The van der Waals surface area contributed by atoms with E-state index in [4.69, 9.17) is 11.6 Å². The second-order valence-corrected chi connectivity index (χ2v) is 10.9. The minimum absolute atomic E-state index is 0.0417. The van der Waals surface area contributed by atoms with Gasteiger partial charge in [0.05, 0.1) is 11.4 Å². The van der Waals surface area contributed by atoms with Crippen LogP contribution in [0.4, 0.5) is 5.69 Å². The molecule has 0 aliphatic rings. The van der Waals surface area contributed by atoms with Crippen molar-refractivity contribution in [1.29, 1.82) is 0 Å². The highest BCUT2D eigenvalue weighted by atomic mass is 79.9. The fourth-order valence-electron chi connectivity index (χ4n) is 3.62. The summed E-state index contributed by atoms with van der Waals surface area (Å²) in [5, 5.41) is 3.33. The average Bonchev–Trinajstić information content (AvgIpc) is 2.70. The lowest BCUT2D eigenvalue weighted by Crippen LogP contribution is -2.38. The standard InChI is InChI=1S/C24H24BrClN2O3S/c1-16-12-17(2)24(18(3)13-16)32(30,31)28(14-19-4-8-21(26)9-5-19)15-23(29)27-22-10-6-20(25)7-11-22/h4-13H,14-15H2,1-3H3,(H,27,29). The summed E-state index contributed by atoms with van der Waals surface area (Å²) in [7, 11) is -3.95. The molecule has 8 heteroatoms. The maximum absolute atomic E-state index is 13.7. The highest BCUT2D eigenvalue weighted by molar-refractivity contribution is 9.10. The van der Waals surface area contributed by atoms with Crippen molar-refractivity contribution in [3.05, 3.63) is 92.4 Å². The highest BCUT2D eigenvalue weighted by Gasteiger charge is 2.30. The molecule has 0 spiro atoms. The average molecular weight is 536 g/mol. The lowest BCUT2D eigenvalue weighted by Gasteiger charge is -2.24. The number of halogens is 2. The summed E-state index contributed by atoms with van der Waals surface area (Å²) < 4.78 is 29.5. The van der Waals surface area contributed by atoms with Gasteiger partial charge in [-0.05, 0) is 73.9 Å². The zero-order chi connectivity index (χ0) is 23.5. The molecule has 0 unspecified atom stereocenters. The zero-order valence-electron chi connectivity index (χ0n) is 18.0. The van der Waals surface area contributed by atoms with Gasteiger partial charge in [0.1, 0.15) is 0 Å². The predicted molar refractivity (Wildman–Crippen MR) is 132 cm³/mol. The number of benzene rings is 3. The quantitative estimate of drug-likeness (QED) is 0.412.